The molecule has 0 aliphatic heterocycles. The van der Waals surface area contributed by atoms with Gasteiger partial charge in [0.05, 0.1) is 13.2 Å². The van der Waals surface area contributed by atoms with Crippen LogP contribution in [0.2, 0.25) is 0 Å². The number of nitrogens with one attached hydrogen (secondary N) is 1. The third kappa shape index (κ3) is 3.70. The number of nitrogens with two attached hydrogens (primary N) is 1. The quantitative estimate of drug-likeness (QED) is 0.533. The fraction of sp³-hybridized carbons (Fsp3) is 1.00. The van der Waals surface area contributed by atoms with Crippen molar-refractivity contribution >= 4 is 0 Å². The highest BCUT2D eigenvalue weighted by atomic mass is 16.5. The average Bonchev–Trinajstić information content (AvgIpc) is 2.67. The molecule has 0 aromatic carbocycles. The van der Waals surface area contributed by atoms with Crippen molar-refractivity contribution in [3.63, 3.8) is 0 Å². The fourth-order valence-electron chi connectivity index (χ4n) is 1.11. The first-order valence-electron chi connectivity index (χ1n) is 4.36. The summed E-state index contributed by atoms with van der Waals surface area (Å²) in [5, 5.41) is 3.40. The van der Waals surface area contributed by atoms with Gasteiger partial charge in [0.1, 0.15) is 0 Å². The lowest BCUT2D eigenvalue weighted by atomic mass is 10.5. The molecule has 66 valence electrons. The Morgan fingerprint density at radius 1 is 1.55 bits per heavy atom. The van der Waals surface area contributed by atoms with E-state index in [-0.39, 0.29) is 0 Å². The molecule has 2 unspecified atom stereocenters. The Balaban J connectivity index is 1.74. The van der Waals surface area contributed by atoms with E-state index in [4.69, 9.17) is 10.5 Å². The van der Waals surface area contributed by atoms with E-state index in [1.165, 1.54) is 6.42 Å². The zero-order valence-electron chi connectivity index (χ0n) is 7.18. The highest BCUT2D eigenvalue weighted by Gasteiger charge is 2.31. The lowest BCUT2D eigenvalue weighted by molar-refractivity contribution is 0.143. The molecule has 11 heavy (non-hydrogen) atoms. The van der Waals surface area contributed by atoms with Gasteiger partial charge in [0, 0.05) is 19.1 Å². The van der Waals surface area contributed by atoms with Gasteiger partial charge in [-0.3, -0.25) is 0 Å². The molecule has 1 rings (SSSR count). The van der Waals surface area contributed by atoms with Gasteiger partial charge >= 0.3 is 0 Å². The Kier molecular flexibility index (Phi) is 3.83. The highest BCUT2D eigenvalue weighted by molar-refractivity contribution is 4.89. The minimum absolute atomic E-state index is 0.625. The number of rotatable bonds is 6. The second-order valence-corrected chi connectivity index (χ2v) is 3.17. The van der Waals surface area contributed by atoms with Crippen molar-refractivity contribution in [1.82, 2.24) is 5.32 Å². The summed E-state index contributed by atoms with van der Waals surface area (Å²) in [6.45, 7) is 5.33. The van der Waals surface area contributed by atoms with Crippen LogP contribution in [0.25, 0.3) is 0 Å². The molecule has 3 N–H and O–H groups in total. The second-order valence-electron chi connectivity index (χ2n) is 3.17. The summed E-state index contributed by atoms with van der Waals surface area (Å²) >= 11 is 0. The van der Waals surface area contributed by atoms with Crippen LogP contribution in [0.5, 0.6) is 0 Å². The van der Waals surface area contributed by atoms with E-state index in [0.717, 1.165) is 25.1 Å². The van der Waals surface area contributed by atoms with Gasteiger partial charge in [0.2, 0.25) is 0 Å². The van der Waals surface area contributed by atoms with Gasteiger partial charge in [0.15, 0.2) is 0 Å². The van der Waals surface area contributed by atoms with Crippen molar-refractivity contribution in [1.29, 1.82) is 0 Å². The number of hydrogen-bond acceptors (Lipinski definition) is 3. The van der Waals surface area contributed by atoms with Crippen LogP contribution in [0.3, 0.4) is 0 Å². The van der Waals surface area contributed by atoms with E-state index >= 15 is 0 Å². The van der Waals surface area contributed by atoms with Gasteiger partial charge in [0.25, 0.3) is 0 Å². The van der Waals surface area contributed by atoms with Crippen LogP contribution in [0.15, 0.2) is 0 Å². The zero-order chi connectivity index (χ0) is 8.10. The van der Waals surface area contributed by atoms with Crippen LogP contribution in [0.1, 0.15) is 13.3 Å². The molecule has 0 amide bonds. The van der Waals surface area contributed by atoms with Crippen LogP contribution >= 0.6 is 0 Å². The molecule has 3 heteroatoms. The molecule has 0 heterocycles. The van der Waals surface area contributed by atoms with Gasteiger partial charge < -0.3 is 15.8 Å². The molecular formula is C8H18N2O. The molecule has 0 saturated heterocycles. The third-order valence-electron chi connectivity index (χ3n) is 2.02. The fourth-order valence-corrected chi connectivity index (χ4v) is 1.11. The van der Waals surface area contributed by atoms with Gasteiger partial charge in [-0.2, -0.15) is 0 Å². The van der Waals surface area contributed by atoms with Crippen LogP contribution in [-0.2, 0) is 4.74 Å². The van der Waals surface area contributed by atoms with E-state index < -0.39 is 0 Å². The van der Waals surface area contributed by atoms with Crippen molar-refractivity contribution in [3.8, 4) is 0 Å². The number of ether oxygens (including phenoxy) is 1. The van der Waals surface area contributed by atoms with Crippen LogP contribution in [-0.4, -0.2) is 32.3 Å². The molecule has 1 saturated carbocycles. The molecule has 3 nitrogen and oxygen atoms in total. The maximum atomic E-state index is 5.26. The number of hydrogen-bond donors (Lipinski definition) is 2. The smallest absolute Gasteiger partial charge is 0.0591 e. The summed E-state index contributed by atoms with van der Waals surface area (Å²) in [5.74, 6) is 0.879. The Hall–Kier alpha value is -0.120. The van der Waals surface area contributed by atoms with Gasteiger partial charge in [-0.15, -0.1) is 0 Å². The standard InChI is InChI=1S/C8H18N2O/c1-7-6-8(7)10-3-5-11-4-2-9/h7-8,10H,2-6,9H2,1H3. The summed E-state index contributed by atoms with van der Waals surface area (Å²) in [7, 11) is 0. The Morgan fingerprint density at radius 2 is 2.27 bits per heavy atom. The molecule has 1 fully saturated rings. The second kappa shape index (κ2) is 4.70. The third-order valence-corrected chi connectivity index (χ3v) is 2.02. The molecule has 1 aliphatic rings. The molecule has 1 aliphatic carbocycles. The van der Waals surface area contributed by atoms with E-state index in [1.54, 1.807) is 0 Å². The first-order valence-corrected chi connectivity index (χ1v) is 4.36. The van der Waals surface area contributed by atoms with Gasteiger partial charge in [-0.25, -0.2) is 0 Å². The molecular weight excluding hydrogens is 140 g/mol. The van der Waals surface area contributed by atoms with Crippen molar-refractivity contribution in [2.75, 3.05) is 26.3 Å². The van der Waals surface area contributed by atoms with Gasteiger partial charge in [-0.1, -0.05) is 6.92 Å². The normalized spacial score (nSPS) is 28.9. The van der Waals surface area contributed by atoms with Crippen LogP contribution < -0.4 is 11.1 Å². The van der Waals surface area contributed by atoms with Crippen LogP contribution in [0, 0.1) is 5.92 Å². The lowest BCUT2D eigenvalue weighted by Crippen LogP contribution is -2.24. The lowest BCUT2D eigenvalue weighted by Gasteiger charge is -2.03. The summed E-state index contributed by atoms with van der Waals surface area (Å²) in [5.41, 5.74) is 5.26. The molecule has 0 spiro atoms. The van der Waals surface area contributed by atoms with E-state index in [0.29, 0.717) is 13.2 Å². The summed E-state index contributed by atoms with van der Waals surface area (Å²) in [6.07, 6.45) is 1.33. The monoisotopic (exact) mass is 158 g/mol. The van der Waals surface area contributed by atoms with Crippen molar-refractivity contribution in [2.24, 2.45) is 11.7 Å². The first-order chi connectivity index (χ1) is 5.34. The molecule has 0 aromatic heterocycles. The largest absolute Gasteiger partial charge is 0.379 e. The Bertz CT molecular complexity index is 108. The van der Waals surface area contributed by atoms with Crippen molar-refractivity contribution in [3.05, 3.63) is 0 Å². The predicted molar refractivity (Wildman–Crippen MR) is 45.4 cm³/mol. The van der Waals surface area contributed by atoms with E-state index in [9.17, 15) is 0 Å². The van der Waals surface area contributed by atoms with E-state index in [2.05, 4.69) is 12.2 Å². The molecule has 0 aromatic rings. The summed E-state index contributed by atoms with van der Waals surface area (Å²) in [6, 6.07) is 0.761. The Morgan fingerprint density at radius 3 is 2.82 bits per heavy atom. The maximum absolute atomic E-state index is 5.26. The zero-order valence-corrected chi connectivity index (χ0v) is 7.18. The summed E-state index contributed by atoms with van der Waals surface area (Å²) in [4.78, 5) is 0. The SMILES string of the molecule is CC1CC1NCCOCCN. The molecule has 0 radical (unpaired) electrons. The minimum Gasteiger partial charge on any atom is -0.379 e. The topological polar surface area (TPSA) is 47.3 Å². The Labute approximate surface area is 68.3 Å². The van der Waals surface area contributed by atoms with Crippen molar-refractivity contribution < 1.29 is 4.74 Å². The average molecular weight is 158 g/mol. The first kappa shape index (κ1) is 8.97. The summed E-state index contributed by atoms with van der Waals surface area (Å²) < 4.78 is 5.21. The van der Waals surface area contributed by atoms with Crippen LogP contribution in [0.4, 0.5) is 0 Å². The molecule has 2 atom stereocenters. The van der Waals surface area contributed by atoms with Gasteiger partial charge in [-0.05, 0) is 12.3 Å². The van der Waals surface area contributed by atoms with Crippen molar-refractivity contribution in [2.45, 2.75) is 19.4 Å². The predicted octanol–water partition coefficient (Wildman–Crippen LogP) is -0.0403. The van der Waals surface area contributed by atoms with E-state index in [1.807, 2.05) is 0 Å². The maximum Gasteiger partial charge on any atom is 0.0591 e. The minimum atomic E-state index is 0.625. The highest BCUT2D eigenvalue weighted by Crippen LogP contribution is 2.28. The molecule has 0 bridgehead atoms.